The molecular weight excluding hydrogens is 206 g/mol. The maximum atomic E-state index is 6.61. The smallest absolute Gasteiger partial charge is 0.0409 e. The van der Waals surface area contributed by atoms with E-state index in [0.29, 0.717) is 0 Å². The summed E-state index contributed by atoms with van der Waals surface area (Å²) in [5.74, 6) is 0.918. The zero-order chi connectivity index (χ0) is 12.3. The van der Waals surface area contributed by atoms with Gasteiger partial charge < -0.3 is 5.73 Å². The van der Waals surface area contributed by atoms with Crippen LogP contribution in [0.1, 0.15) is 56.6 Å². The first-order valence-corrected chi connectivity index (χ1v) is 7.00. The first-order valence-electron chi connectivity index (χ1n) is 7.00. The Morgan fingerprint density at radius 1 is 1.29 bits per heavy atom. The van der Waals surface area contributed by atoms with E-state index in [1.165, 1.54) is 36.8 Å². The summed E-state index contributed by atoms with van der Waals surface area (Å²) in [4.78, 5) is 0. The van der Waals surface area contributed by atoms with Crippen LogP contribution in [-0.4, -0.2) is 0 Å². The maximum absolute atomic E-state index is 6.61. The molecule has 94 valence electrons. The molecule has 0 heterocycles. The lowest BCUT2D eigenvalue weighted by Gasteiger charge is -2.37. The van der Waals surface area contributed by atoms with Crippen LogP contribution in [0.15, 0.2) is 24.3 Å². The highest BCUT2D eigenvalue weighted by Gasteiger charge is 2.32. The fourth-order valence-corrected chi connectivity index (χ4v) is 3.13. The Kier molecular flexibility index (Phi) is 3.88. The fourth-order valence-electron chi connectivity index (χ4n) is 3.13. The number of hydrogen-bond acceptors (Lipinski definition) is 1. The summed E-state index contributed by atoms with van der Waals surface area (Å²) in [5, 5.41) is 0. The molecule has 0 saturated heterocycles. The van der Waals surface area contributed by atoms with E-state index < -0.39 is 0 Å². The van der Waals surface area contributed by atoms with E-state index in [0.717, 1.165) is 18.8 Å². The van der Waals surface area contributed by atoms with Crippen molar-refractivity contribution in [2.75, 3.05) is 0 Å². The molecule has 1 aliphatic rings. The maximum Gasteiger partial charge on any atom is 0.0409 e. The van der Waals surface area contributed by atoms with Crippen molar-refractivity contribution in [3.63, 3.8) is 0 Å². The van der Waals surface area contributed by atoms with Crippen molar-refractivity contribution >= 4 is 0 Å². The summed E-state index contributed by atoms with van der Waals surface area (Å²) in [7, 11) is 0. The van der Waals surface area contributed by atoms with Crippen LogP contribution in [0.3, 0.4) is 0 Å². The third-order valence-corrected chi connectivity index (χ3v) is 4.29. The molecule has 1 heteroatoms. The average Bonchev–Trinajstić information content (AvgIpc) is 2.33. The van der Waals surface area contributed by atoms with Crippen molar-refractivity contribution < 1.29 is 0 Å². The lowest BCUT2D eigenvalue weighted by atomic mass is 9.72. The number of rotatable bonds is 3. The van der Waals surface area contributed by atoms with E-state index in [9.17, 15) is 0 Å². The van der Waals surface area contributed by atoms with Gasteiger partial charge in [0, 0.05) is 5.54 Å². The van der Waals surface area contributed by atoms with Gasteiger partial charge >= 0.3 is 0 Å². The molecule has 0 atom stereocenters. The second kappa shape index (κ2) is 5.22. The molecule has 1 saturated carbocycles. The highest BCUT2D eigenvalue weighted by atomic mass is 14.7. The summed E-state index contributed by atoms with van der Waals surface area (Å²) in [5.41, 5.74) is 9.21. The summed E-state index contributed by atoms with van der Waals surface area (Å²) in [6, 6.07) is 8.75. The van der Waals surface area contributed by atoms with Gasteiger partial charge in [0.1, 0.15) is 0 Å². The molecule has 0 aliphatic heterocycles. The molecule has 2 N–H and O–H groups in total. The monoisotopic (exact) mass is 231 g/mol. The van der Waals surface area contributed by atoms with Crippen LogP contribution in [0.25, 0.3) is 0 Å². The van der Waals surface area contributed by atoms with Crippen LogP contribution in [-0.2, 0) is 5.54 Å². The van der Waals surface area contributed by atoms with Gasteiger partial charge in [-0.15, -0.1) is 0 Å². The largest absolute Gasteiger partial charge is 0.321 e. The van der Waals surface area contributed by atoms with Crippen LogP contribution in [0.5, 0.6) is 0 Å². The number of aryl methyl sites for hydroxylation is 1. The lowest BCUT2D eigenvalue weighted by Crippen LogP contribution is -2.40. The van der Waals surface area contributed by atoms with E-state index in [-0.39, 0.29) is 5.54 Å². The summed E-state index contributed by atoms with van der Waals surface area (Å²) in [6.45, 7) is 4.43. The summed E-state index contributed by atoms with van der Waals surface area (Å²) < 4.78 is 0. The zero-order valence-electron chi connectivity index (χ0n) is 11.2. The van der Waals surface area contributed by atoms with Gasteiger partial charge in [-0.3, -0.25) is 0 Å². The predicted molar refractivity (Wildman–Crippen MR) is 73.9 cm³/mol. The van der Waals surface area contributed by atoms with E-state index in [4.69, 9.17) is 5.73 Å². The van der Waals surface area contributed by atoms with E-state index in [1.807, 2.05) is 0 Å². The highest BCUT2D eigenvalue weighted by molar-refractivity contribution is 5.29. The topological polar surface area (TPSA) is 26.0 Å². The zero-order valence-corrected chi connectivity index (χ0v) is 11.2. The second-order valence-electron chi connectivity index (χ2n) is 5.76. The molecule has 0 radical (unpaired) electrons. The van der Waals surface area contributed by atoms with Crippen LogP contribution in [0, 0.1) is 12.8 Å². The van der Waals surface area contributed by atoms with Gasteiger partial charge in [-0.2, -0.15) is 0 Å². The number of hydrogen-bond donors (Lipinski definition) is 1. The Labute approximate surface area is 105 Å². The summed E-state index contributed by atoms with van der Waals surface area (Å²) in [6.07, 6.45) is 7.61. The standard InChI is InChI=1S/C16H25N/c1-3-5-14-8-10-16(17,11-9-14)15-7-4-6-13(2)12-15/h4,6-7,12,14H,3,5,8-11,17H2,1-2H3. The normalized spacial score (nSPS) is 29.2. The molecule has 1 aromatic carbocycles. The lowest BCUT2D eigenvalue weighted by molar-refractivity contribution is 0.226. The number of nitrogens with two attached hydrogens (primary N) is 1. The minimum Gasteiger partial charge on any atom is -0.321 e. The third kappa shape index (κ3) is 2.90. The molecule has 0 aromatic heterocycles. The van der Waals surface area contributed by atoms with Crippen molar-refractivity contribution in [2.45, 2.75) is 57.9 Å². The van der Waals surface area contributed by atoms with E-state index >= 15 is 0 Å². The SMILES string of the molecule is CCCC1CCC(N)(c2cccc(C)c2)CC1. The van der Waals surface area contributed by atoms with Gasteiger partial charge in [0.15, 0.2) is 0 Å². The summed E-state index contributed by atoms with van der Waals surface area (Å²) >= 11 is 0. The van der Waals surface area contributed by atoms with Gasteiger partial charge in [-0.1, -0.05) is 49.6 Å². The molecular formula is C16H25N. The Morgan fingerprint density at radius 2 is 2.00 bits per heavy atom. The van der Waals surface area contributed by atoms with Crippen molar-refractivity contribution in [1.29, 1.82) is 0 Å². The molecule has 1 aliphatic carbocycles. The van der Waals surface area contributed by atoms with Gasteiger partial charge in [-0.25, -0.2) is 0 Å². The molecule has 0 bridgehead atoms. The molecule has 1 nitrogen and oxygen atoms in total. The Morgan fingerprint density at radius 3 is 2.59 bits per heavy atom. The molecule has 0 spiro atoms. The van der Waals surface area contributed by atoms with E-state index in [2.05, 4.69) is 38.1 Å². The molecule has 2 rings (SSSR count). The van der Waals surface area contributed by atoms with Crippen molar-refractivity contribution in [3.8, 4) is 0 Å². The predicted octanol–water partition coefficient (Wildman–Crippen LogP) is 4.14. The van der Waals surface area contributed by atoms with Gasteiger partial charge in [0.2, 0.25) is 0 Å². The quantitative estimate of drug-likeness (QED) is 0.831. The average molecular weight is 231 g/mol. The molecule has 1 aromatic rings. The van der Waals surface area contributed by atoms with E-state index in [1.54, 1.807) is 0 Å². The molecule has 17 heavy (non-hydrogen) atoms. The highest BCUT2D eigenvalue weighted by Crippen LogP contribution is 2.39. The molecule has 1 fully saturated rings. The van der Waals surface area contributed by atoms with Crippen LogP contribution < -0.4 is 5.73 Å². The van der Waals surface area contributed by atoms with Gasteiger partial charge in [0.05, 0.1) is 0 Å². The first-order chi connectivity index (χ1) is 8.14. The van der Waals surface area contributed by atoms with Crippen molar-refractivity contribution in [1.82, 2.24) is 0 Å². The Bertz CT molecular complexity index is 362. The minimum absolute atomic E-state index is 0.0593. The van der Waals surface area contributed by atoms with Crippen molar-refractivity contribution in [2.24, 2.45) is 11.7 Å². The Balaban J connectivity index is 2.06. The van der Waals surface area contributed by atoms with Gasteiger partial charge in [0.25, 0.3) is 0 Å². The fraction of sp³-hybridized carbons (Fsp3) is 0.625. The molecule has 0 unspecified atom stereocenters. The first kappa shape index (κ1) is 12.6. The van der Waals surface area contributed by atoms with Gasteiger partial charge in [-0.05, 0) is 44.1 Å². The second-order valence-corrected chi connectivity index (χ2v) is 5.76. The number of benzene rings is 1. The van der Waals surface area contributed by atoms with Crippen LogP contribution in [0.2, 0.25) is 0 Å². The van der Waals surface area contributed by atoms with Crippen LogP contribution in [0.4, 0.5) is 0 Å². The minimum atomic E-state index is -0.0593. The van der Waals surface area contributed by atoms with Crippen molar-refractivity contribution in [3.05, 3.63) is 35.4 Å². The Hall–Kier alpha value is -0.820. The third-order valence-electron chi connectivity index (χ3n) is 4.29. The van der Waals surface area contributed by atoms with Crippen LogP contribution >= 0.6 is 0 Å². The molecule has 0 amide bonds.